The molecule has 0 unspecified atom stereocenters. The Labute approximate surface area is 176 Å². The molecule has 0 aliphatic rings. The van der Waals surface area contributed by atoms with Gasteiger partial charge in [-0.25, -0.2) is 0 Å². The van der Waals surface area contributed by atoms with E-state index in [2.05, 4.69) is 20.8 Å². The summed E-state index contributed by atoms with van der Waals surface area (Å²) >= 11 is 0.967. The quantitative estimate of drug-likeness (QED) is 0.407. The molecule has 154 valence electrons. The third-order valence-electron chi connectivity index (χ3n) is 4.07. The summed E-state index contributed by atoms with van der Waals surface area (Å²) in [6.45, 7) is 3.43. The summed E-state index contributed by atoms with van der Waals surface area (Å²) in [4.78, 5) is 36.9. The fraction of sp³-hybridized carbons (Fsp3) is 0.150. The molecule has 3 rings (SSSR count). The number of hydrogen-bond acceptors (Lipinski definition) is 7. The third kappa shape index (κ3) is 5.03. The summed E-state index contributed by atoms with van der Waals surface area (Å²) in [5.74, 6) is 4.87. The third-order valence-corrected chi connectivity index (χ3v) is 5.02. The maximum absolute atomic E-state index is 12.7. The van der Waals surface area contributed by atoms with E-state index in [0.717, 1.165) is 22.0 Å². The minimum Gasteiger partial charge on any atom is -0.334 e. The van der Waals surface area contributed by atoms with Gasteiger partial charge in [-0.2, -0.15) is 4.68 Å². The number of anilines is 2. The van der Waals surface area contributed by atoms with Gasteiger partial charge in [-0.05, 0) is 43.7 Å². The van der Waals surface area contributed by atoms with E-state index in [-0.39, 0.29) is 28.4 Å². The molecule has 2 aromatic carbocycles. The van der Waals surface area contributed by atoms with E-state index in [1.54, 1.807) is 30.3 Å². The van der Waals surface area contributed by atoms with Crippen LogP contribution in [0.5, 0.6) is 0 Å². The van der Waals surface area contributed by atoms with Crippen molar-refractivity contribution < 1.29 is 9.59 Å². The van der Waals surface area contributed by atoms with Gasteiger partial charge in [-0.15, -0.1) is 10.2 Å². The Hall–Kier alpha value is -3.66. The van der Waals surface area contributed by atoms with Gasteiger partial charge < -0.3 is 16.5 Å². The van der Waals surface area contributed by atoms with Crippen LogP contribution in [-0.4, -0.2) is 32.4 Å². The molecule has 1 heterocycles. The van der Waals surface area contributed by atoms with E-state index in [9.17, 15) is 14.4 Å². The van der Waals surface area contributed by atoms with Gasteiger partial charge in [0, 0.05) is 5.69 Å². The zero-order chi connectivity index (χ0) is 21.7. The van der Waals surface area contributed by atoms with Gasteiger partial charge in [-0.1, -0.05) is 36.0 Å². The predicted molar refractivity (Wildman–Crippen MR) is 116 cm³/mol. The van der Waals surface area contributed by atoms with Crippen LogP contribution in [0.25, 0.3) is 0 Å². The number of nitrogen functional groups attached to an aromatic ring is 1. The van der Waals surface area contributed by atoms with Gasteiger partial charge in [0.05, 0.1) is 17.0 Å². The Morgan fingerprint density at radius 3 is 2.60 bits per heavy atom. The lowest BCUT2D eigenvalue weighted by Gasteiger charge is -2.12. The number of nitrogens with zero attached hydrogens (tertiary/aromatic N) is 3. The van der Waals surface area contributed by atoms with Crippen LogP contribution in [0.4, 0.5) is 11.4 Å². The molecule has 0 spiro atoms. The van der Waals surface area contributed by atoms with Gasteiger partial charge in [0.25, 0.3) is 11.5 Å². The van der Waals surface area contributed by atoms with Crippen molar-refractivity contribution in [2.24, 2.45) is 0 Å². The number of para-hydroxylation sites is 1. The van der Waals surface area contributed by atoms with Crippen molar-refractivity contribution in [3.8, 4) is 0 Å². The summed E-state index contributed by atoms with van der Waals surface area (Å²) in [5.41, 5.74) is 2.06. The molecular formula is C20H20N6O3S. The van der Waals surface area contributed by atoms with Crippen molar-refractivity contribution in [2.75, 3.05) is 22.2 Å². The maximum atomic E-state index is 12.7. The Kier molecular flexibility index (Phi) is 6.48. The highest BCUT2D eigenvalue weighted by Gasteiger charge is 2.15. The second kappa shape index (κ2) is 9.23. The van der Waals surface area contributed by atoms with Crippen LogP contribution in [0.3, 0.4) is 0 Å². The minimum atomic E-state index is -0.480. The maximum Gasteiger partial charge on any atom is 0.294 e. The van der Waals surface area contributed by atoms with Crippen LogP contribution < -0.4 is 22.0 Å². The Morgan fingerprint density at radius 1 is 1.07 bits per heavy atom. The summed E-state index contributed by atoms with van der Waals surface area (Å²) in [5, 5.41) is 13.2. The molecule has 9 nitrogen and oxygen atoms in total. The number of carbonyl (C=O) groups excluding carboxylic acids is 2. The molecule has 0 saturated carbocycles. The first-order chi connectivity index (χ1) is 14.3. The van der Waals surface area contributed by atoms with Crippen LogP contribution >= 0.6 is 11.8 Å². The first-order valence-electron chi connectivity index (χ1n) is 8.96. The van der Waals surface area contributed by atoms with Gasteiger partial charge in [-0.3, -0.25) is 14.4 Å². The van der Waals surface area contributed by atoms with E-state index in [1.807, 2.05) is 25.1 Å². The second-order valence-electron chi connectivity index (χ2n) is 6.45. The van der Waals surface area contributed by atoms with Gasteiger partial charge in [0.1, 0.15) is 5.69 Å². The van der Waals surface area contributed by atoms with E-state index in [0.29, 0.717) is 16.9 Å². The fourth-order valence-corrected chi connectivity index (χ4v) is 3.25. The number of rotatable bonds is 6. The number of benzene rings is 2. The molecule has 1 aromatic heterocycles. The number of amides is 2. The second-order valence-corrected chi connectivity index (χ2v) is 7.39. The lowest BCUT2D eigenvalue weighted by Crippen LogP contribution is -2.32. The molecule has 0 radical (unpaired) electrons. The SMILES string of the molecule is Cc1cccc(NC(=O)c2ccccc2NC(=O)CSc2nnc(C)c(=O)n2N)c1. The van der Waals surface area contributed by atoms with Crippen LogP contribution in [-0.2, 0) is 4.79 Å². The van der Waals surface area contributed by atoms with E-state index in [4.69, 9.17) is 5.84 Å². The van der Waals surface area contributed by atoms with Gasteiger partial charge >= 0.3 is 0 Å². The van der Waals surface area contributed by atoms with E-state index in [1.165, 1.54) is 6.92 Å². The molecule has 0 bridgehead atoms. The number of nitrogens with two attached hydrogens (primary N) is 1. The fourth-order valence-electron chi connectivity index (χ4n) is 2.60. The van der Waals surface area contributed by atoms with E-state index < -0.39 is 5.56 Å². The van der Waals surface area contributed by atoms with Crippen molar-refractivity contribution in [3.05, 3.63) is 75.7 Å². The topological polar surface area (TPSA) is 132 Å². The Bertz CT molecular complexity index is 1160. The molecule has 10 heteroatoms. The number of nitrogens with one attached hydrogen (secondary N) is 2. The standard InChI is InChI=1S/C20H20N6O3S/c1-12-6-5-7-14(10-12)22-18(28)15-8-3-4-9-16(15)23-17(27)11-30-20-25-24-13(2)19(29)26(20)21/h3-10H,11,21H2,1-2H3,(H,22,28)(H,23,27). The zero-order valence-corrected chi connectivity index (χ0v) is 17.2. The van der Waals surface area contributed by atoms with Gasteiger partial charge in [0.15, 0.2) is 0 Å². The largest absolute Gasteiger partial charge is 0.334 e. The number of hydrogen-bond donors (Lipinski definition) is 3. The number of carbonyl (C=O) groups is 2. The summed E-state index contributed by atoms with van der Waals surface area (Å²) in [6, 6.07) is 14.1. The molecule has 0 atom stereocenters. The molecular weight excluding hydrogens is 404 g/mol. The summed E-state index contributed by atoms with van der Waals surface area (Å²) in [7, 11) is 0. The Balaban J connectivity index is 1.68. The molecule has 0 saturated heterocycles. The van der Waals surface area contributed by atoms with Crippen molar-refractivity contribution in [1.82, 2.24) is 14.9 Å². The number of aryl methyl sites for hydroxylation is 2. The summed E-state index contributed by atoms with van der Waals surface area (Å²) < 4.78 is 0.851. The first-order valence-corrected chi connectivity index (χ1v) is 9.95. The molecule has 30 heavy (non-hydrogen) atoms. The average Bonchev–Trinajstić information content (AvgIpc) is 2.72. The van der Waals surface area contributed by atoms with E-state index >= 15 is 0 Å². The Morgan fingerprint density at radius 2 is 1.83 bits per heavy atom. The predicted octanol–water partition coefficient (Wildman–Crippen LogP) is 1.95. The van der Waals surface area contributed by atoms with Crippen molar-refractivity contribution in [1.29, 1.82) is 0 Å². The normalized spacial score (nSPS) is 10.5. The van der Waals surface area contributed by atoms with Crippen LogP contribution in [0.15, 0.2) is 58.5 Å². The molecule has 0 fully saturated rings. The monoisotopic (exact) mass is 424 g/mol. The smallest absolute Gasteiger partial charge is 0.294 e. The van der Waals surface area contributed by atoms with Crippen LogP contribution in [0.2, 0.25) is 0 Å². The molecule has 4 N–H and O–H groups in total. The molecule has 0 aliphatic heterocycles. The highest BCUT2D eigenvalue weighted by atomic mass is 32.2. The zero-order valence-electron chi connectivity index (χ0n) is 16.4. The number of thioether (sulfide) groups is 1. The van der Waals surface area contributed by atoms with Crippen LogP contribution in [0, 0.1) is 13.8 Å². The highest BCUT2D eigenvalue weighted by molar-refractivity contribution is 7.99. The van der Waals surface area contributed by atoms with Crippen molar-refractivity contribution >= 4 is 35.0 Å². The number of aromatic nitrogens is 3. The molecule has 3 aromatic rings. The highest BCUT2D eigenvalue weighted by Crippen LogP contribution is 2.19. The van der Waals surface area contributed by atoms with Crippen molar-refractivity contribution in [2.45, 2.75) is 19.0 Å². The minimum absolute atomic E-state index is 0.0672. The first kappa shape index (κ1) is 21.1. The van der Waals surface area contributed by atoms with Crippen molar-refractivity contribution in [3.63, 3.8) is 0 Å². The molecule has 0 aliphatic carbocycles. The van der Waals surface area contributed by atoms with Crippen LogP contribution in [0.1, 0.15) is 21.6 Å². The lowest BCUT2D eigenvalue weighted by atomic mass is 10.1. The average molecular weight is 424 g/mol. The van der Waals surface area contributed by atoms with Gasteiger partial charge in [0.2, 0.25) is 11.1 Å². The molecule has 2 amide bonds. The summed E-state index contributed by atoms with van der Waals surface area (Å²) in [6.07, 6.45) is 0. The lowest BCUT2D eigenvalue weighted by molar-refractivity contribution is -0.113.